The van der Waals surface area contributed by atoms with Gasteiger partial charge in [0.05, 0.1) is 12.0 Å². The van der Waals surface area contributed by atoms with E-state index in [0.29, 0.717) is 5.92 Å². The van der Waals surface area contributed by atoms with Gasteiger partial charge in [0.1, 0.15) is 15.9 Å². The van der Waals surface area contributed by atoms with Crippen molar-refractivity contribution in [2.45, 2.75) is 130 Å². The predicted octanol–water partition coefficient (Wildman–Crippen LogP) is 12.0. The summed E-state index contributed by atoms with van der Waals surface area (Å²) in [5.74, 6) is 1.10. The molecule has 1 radical (unpaired) electrons. The summed E-state index contributed by atoms with van der Waals surface area (Å²) in [5.41, 5.74) is 15.5. The van der Waals surface area contributed by atoms with E-state index in [9.17, 15) is 13.0 Å². The van der Waals surface area contributed by atoms with Crippen LogP contribution in [0.2, 0.25) is 0 Å². The van der Waals surface area contributed by atoms with E-state index in [0.717, 1.165) is 38.8 Å². The summed E-state index contributed by atoms with van der Waals surface area (Å²) in [6.07, 6.45) is 0. The average molecular weight is 838 g/mol. The van der Waals surface area contributed by atoms with Gasteiger partial charge >= 0.3 is 0 Å². The molecule has 0 amide bonds. The van der Waals surface area contributed by atoms with E-state index in [1.807, 2.05) is 55.5 Å². The van der Waals surface area contributed by atoms with E-state index in [-0.39, 0.29) is 60.6 Å². The van der Waals surface area contributed by atoms with Crippen LogP contribution >= 0.6 is 7.92 Å². The maximum absolute atomic E-state index is 12.5. The molecule has 2 N–H and O–H groups in total. The molecule has 0 saturated carbocycles. The molecule has 0 atom stereocenters. The third-order valence-corrected chi connectivity index (χ3v) is 13.2. The van der Waals surface area contributed by atoms with Gasteiger partial charge in [-0.1, -0.05) is 153 Å². The number of para-hydroxylation sites is 1. The fourth-order valence-electron chi connectivity index (χ4n) is 6.89. The van der Waals surface area contributed by atoms with Gasteiger partial charge in [-0.2, -0.15) is 0 Å². The van der Waals surface area contributed by atoms with Crippen LogP contribution in [-0.4, -0.2) is 30.4 Å². The normalized spacial score (nSPS) is 12.0. The molecular weight excluding hydrogens is 776 g/mol. The number of hydrogen-bond donors (Lipinski definition) is 1. The largest absolute Gasteiger partial charge is 0.744 e. The number of aryl methyl sites for hydroxylation is 1. The molecular formula is C44H62NO4PPdS-. The van der Waals surface area contributed by atoms with Crippen LogP contribution in [0, 0.1) is 13.0 Å². The number of nitrogens with two attached hydrogens (primary N) is 1. The van der Waals surface area contributed by atoms with Crippen molar-refractivity contribution in [1.29, 1.82) is 0 Å². The Morgan fingerprint density at radius 2 is 1.29 bits per heavy atom. The third-order valence-electron chi connectivity index (χ3n) is 8.80. The Balaban J connectivity index is 0.000000752. The van der Waals surface area contributed by atoms with Crippen LogP contribution in [0.1, 0.15) is 131 Å². The molecule has 8 heteroatoms. The molecule has 4 rings (SSSR count). The minimum absolute atomic E-state index is 0. The van der Waals surface area contributed by atoms with Crippen molar-refractivity contribution in [3.05, 3.63) is 95.1 Å². The molecule has 0 fully saturated rings. The molecule has 0 aliphatic heterocycles. The van der Waals surface area contributed by atoms with Gasteiger partial charge in [0.25, 0.3) is 0 Å². The fraction of sp³-hybridized carbons (Fsp3) is 0.455. The fourth-order valence-corrected chi connectivity index (χ4v) is 12.0. The summed E-state index contributed by atoms with van der Waals surface area (Å²) in [6.45, 7) is 28.5. The quantitative estimate of drug-likeness (QED) is 0.0826. The monoisotopic (exact) mass is 837 g/mol. The van der Waals surface area contributed by atoms with Gasteiger partial charge in [0, 0.05) is 37.0 Å². The summed E-state index contributed by atoms with van der Waals surface area (Å²) in [6, 6.07) is 25.0. The summed E-state index contributed by atoms with van der Waals surface area (Å²) in [5, 5.41) is 0.524. The Hall–Kier alpha value is -2.52. The Kier molecular flexibility index (Phi) is 17.1. The van der Waals surface area contributed by atoms with Gasteiger partial charge in [-0.15, -0.1) is 0 Å². The van der Waals surface area contributed by atoms with Crippen LogP contribution in [-0.2, 0) is 30.5 Å². The molecule has 0 spiro atoms. The first kappa shape index (κ1) is 47.5. The first-order valence-electron chi connectivity index (χ1n) is 17.5. The second-order valence-electron chi connectivity index (χ2n) is 16.0. The number of hydrogen-bond acceptors (Lipinski definition) is 5. The van der Waals surface area contributed by atoms with E-state index < -0.39 is 18.0 Å². The van der Waals surface area contributed by atoms with Gasteiger partial charge in [0.15, 0.2) is 0 Å². The number of anilines is 1. The third kappa shape index (κ3) is 11.0. The summed E-state index contributed by atoms with van der Waals surface area (Å²) in [7, 11) is -4.26. The van der Waals surface area contributed by atoms with E-state index >= 15 is 0 Å². The Labute approximate surface area is 331 Å². The zero-order chi connectivity index (χ0) is 37.9. The van der Waals surface area contributed by atoms with Crippen molar-refractivity contribution >= 4 is 29.0 Å². The minimum atomic E-state index is -4.75. The van der Waals surface area contributed by atoms with Gasteiger partial charge in [-0.25, -0.2) is 8.42 Å². The second kappa shape index (κ2) is 18.7. The average Bonchev–Trinajstić information content (AvgIpc) is 2.99. The van der Waals surface area contributed by atoms with Crippen molar-refractivity contribution in [3.8, 4) is 28.0 Å². The second-order valence-corrected chi connectivity index (χ2v) is 21.1. The van der Waals surface area contributed by atoms with Crippen molar-refractivity contribution in [3.63, 3.8) is 0 Å². The molecule has 52 heavy (non-hydrogen) atoms. The summed E-state index contributed by atoms with van der Waals surface area (Å²) in [4.78, 5) is -0.261. The van der Waals surface area contributed by atoms with Crippen molar-refractivity contribution in [2.24, 2.45) is 0 Å². The van der Waals surface area contributed by atoms with E-state index in [2.05, 4.69) is 101 Å². The Morgan fingerprint density at radius 1 is 0.788 bits per heavy atom. The summed E-state index contributed by atoms with van der Waals surface area (Å²) < 4.78 is 43.5. The van der Waals surface area contributed by atoms with Crippen LogP contribution in [0.4, 0.5) is 5.69 Å². The molecule has 0 aliphatic carbocycles. The standard InChI is InChI=1S/C31H49O4PS.C12H10N.CH4.Pd/c1-18(2)22-16-23(19(3)4)27(24(17-22)20(5)6)26-21(7)15-25(37(32,33)34)28(35-14)29(26)36(30(8,9)10)31(11,12)13;13-12-9-5-4-8-11(12)10-6-2-1-3-7-10;;/h15-20H,1-14H3,(H,32,33,34);1-6,8-9H,13H2;1H4;/p-1. The maximum Gasteiger partial charge on any atom is 0.144 e. The molecule has 0 saturated heterocycles. The molecule has 0 heterocycles. The van der Waals surface area contributed by atoms with Gasteiger partial charge in [-0.05, 0) is 92.1 Å². The number of nitrogen functional groups attached to an aromatic ring is 1. The van der Waals surface area contributed by atoms with Crippen LogP contribution in [0.15, 0.2) is 71.6 Å². The SMILES string of the molecule is C.COc1c(S(=O)(=O)[O-])cc(C)c(-c2c(C(C)C)cc(C(C)C)cc2C(C)C)c1P(C(C)(C)C)C(C)(C)C.Nc1ccccc1-c1[c]cccc1.[Pd]. The first-order valence-corrected chi connectivity index (χ1v) is 20.2. The smallest absolute Gasteiger partial charge is 0.144 e. The van der Waals surface area contributed by atoms with Crippen LogP contribution in [0.5, 0.6) is 5.75 Å². The number of benzene rings is 4. The minimum Gasteiger partial charge on any atom is -0.744 e. The molecule has 0 aromatic heterocycles. The van der Waals surface area contributed by atoms with Gasteiger partial charge in [-0.3, -0.25) is 0 Å². The van der Waals surface area contributed by atoms with Crippen LogP contribution in [0.3, 0.4) is 0 Å². The first-order chi connectivity index (χ1) is 23.0. The molecule has 289 valence electrons. The summed E-state index contributed by atoms with van der Waals surface area (Å²) >= 11 is 0. The van der Waals surface area contributed by atoms with Gasteiger partial charge in [0.2, 0.25) is 0 Å². The molecule has 5 nitrogen and oxygen atoms in total. The molecule has 0 aliphatic rings. The van der Waals surface area contributed by atoms with Crippen molar-refractivity contribution in [2.75, 3.05) is 12.8 Å². The predicted molar refractivity (Wildman–Crippen MR) is 221 cm³/mol. The van der Waals surface area contributed by atoms with E-state index in [4.69, 9.17) is 10.5 Å². The van der Waals surface area contributed by atoms with Crippen molar-refractivity contribution < 1.29 is 38.1 Å². The van der Waals surface area contributed by atoms with E-state index in [1.165, 1.54) is 29.9 Å². The maximum atomic E-state index is 12.5. The molecule has 4 aromatic rings. The van der Waals surface area contributed by atoms with Crippen molar-refractivity contribution in [1.82, 2.24) is 0 Å². The Morgan fingerprint density at radius 3 is 1.67 bits per heavy atom. The zero-order valence-corrected chi connectivity index (χ0v) is 36.2. The molecule has 0 bridgehead atoms. The number of rotatable bonds is 8. The van der Waals surface area contributed by atoms with Crippen LogP contribution < -0.4 is 15.8 Å². The number of methoxy groups -OCH3 is 1. The molecule has 0 unspecified atom stereocenters. The Bertz CT molecular complexity index is 1850. The molecule has 4 aromatic carbocycles. The zero-order valence-electron chi connectivity index (χ0n) is 33.0. The topological polar surface area (TPSA) is 92.5 Å². The van der Waals surface area contributed by atoms with E-state index in [1.54, 1.807) is 0 Å². The number of ether oxygens (including phenoxy) is 1. The van der Waals surface area contributed by atoms with Crippen LogP contribution in [0.25, 0.3) is 22.3 Å². The van der Waals surface area contributed by atoms with Gasteiger partial charge < -0.3 is 15.0 Å².